The SMILES string of the molecule is O=C(/C=C/c1ccccc1Cl)Nc1ccc(C(=O)O)nc1. The van der Waals surface area contributed by atoms with Gasteiger partial charge in [0.25, 0.3) is 0 Å². The second-order valence-electron chi connectivity index (χ2n) is 4.08. The van der Waals surface area contributed by atoms with Gasteiger partial charge in [0.2, 0.25) is 5.91 Å². The van der Waals surface area contributed by atoms with Crippen LogP contribution in [0.5, 0.6) is 0 Å². The van der Waals surface area contributed by atoms with E-state index in [2.05, 4.69) is 10.3 Å². The molecular weight excluding hydrogens is 292 g/mol. The van der Waals surface area contributed by atoms with Gasteiger partial charge in [0.15, 0.2) is 0 Å². The third-order valence-electron chi connectivity index (χ3n) is 2.57. The minimum atomic E-state index is -1.12. The number of carbonyl (C=O) groups is 2. The summed E-state index contributed by atoms with van der Waals surface area (Å²) in [7, 11) is 0. The molecule has 106 valence electrons. The predicted octanol–water partition coefficient (Wildman–Crippen LogP) is 3.09. The van der Waals surface area contributed by atoms with E-state index in [9.17, 15) is 9.59 Å². The van der Waals surface area contributed by atoms with Crippen LogP contribution in [0.4, 0.5) is 5.69 Å². The van der Waals surface area contributed by atoms with Gasteiger partial charge in [-0.2, -0.15) is 0 Å². The topological polar surface area (TPSA) is 79.3 Å². The van der Waals surface area contributed by atoms with Crippen LogP contribution in [0.25, 0.3) is 6.08 Å². The van der Waals surface area contributed by atoms with Crippen molar-refractivity contribution in [1.82, 2.24) is 4.98 Å². The van der Waals surface area contributed by atoms with Crippen LogP contribution < -0.4 is 5.32 Å². The molecule has 0 bridgehead atoms. The number of hydrogen-bond acceptors (Lipinski definition) is 3. The van der Waals surface area contributed by atoms with Gasteiger partial charge in [-0.1, -0.05) is 29.8 Å². The van der Waals surface area contributed by atoms with E-state index < -0.39 is 5.97 Å². The molecule has 1 aromatic carbocycles. The second kappa shape index (κ2) is 6.67. The Hall–Kier alpha value is -2.66. The molecular formula is C15H11ClN2O3. The monoisotopic (exact) mass is 302 g/mol. The minimum absolute atomic E-state index is 0.0837. The van der Waals surface area contributed by atoms with Crippen LogP contribution in [-0.2, 0) is 4.79 Å². The average Bonchev–Trinajstić information content (AvgIpc) is 2.47. The van der Waals surface area contributed by atoms with Gasteiger partial charge in [-0.15, -0.1) is 0 Å². The maximum atomic E-state index is 11.7. The van der Waals surface area contributed by atoms with Crippen molar-refractivity contribution in [3.05, 3.63) is 65.0 Å². The van der Waals surface area contributed by atoms with Crippen molar-refractivity contribution in [3.8, 4) is 0 Å². The molecule has 2 aromatic rings. The summed E-state index contributed by atoms with van der Waals surface area (Å²) in [5, 5.41) is 11.8. The van der Waals surface area contributed by atoms with Gasteiger partial charge >= 0.3 is 5.97 Å². The molecule has 0 fully saturated rings. The number of halogens is 1. The zero-order chi connectivity index (χ0) is 15.2. The lowest BCUT2D eigenvalue weighted by Crippen LogP contribution is -2.09. The molecule has 21 heavy (non-hydrogen) atoms. The van der Waals surface area contributed by atoms with Crippen molar-refractivity contribution < 1.29 is 14.7 Å². The van der Waals surface area contributed by atoms with Gasteiger partial charge in [0, 0.05) is 11.1 Å². The Bertz CT molecular complexity index is 696. The smallest absolute Gasteiger partial charge is 0.354 e. The first-order valence-electron chi connectivity index (χ1n) is 5.99. The van der Waals surface area contributed by atoms with E-state index in [0.717, 1.165) is 5.56 Å². The van der Waals surface area contributed by atoms with E-state index in [1.54, 1.807) is 24.3 Å². The lowest BCUT2D eigenvalue weighted by atomic mass is 10.2. The summed E-state index contributed by atoms with van der Waals surface area (Å²) in [5.74, 6) is -1.48. The zero-order valence-electron chi connectivity index (χ0n) is 10.8. The first-order valence-corrected chi connectivity index (χ1v) is 6.37. The highest BCUT2D eigenvalue weighted by atomic mass is 35.5. The number of nitrogens with zero attached hydrogens (tertiary/aromatic N) is 1. The van der Waals surface area contributed by atoms with E-state index >= 15 is 0 Å². The third-order valence-corrected chi connectivity index (χ3v) is 2.91. The van der Waals surface area contributed by atoms with Crippen molar-refractivity contribution in [3.63, 3.8) is 0 Å². The Balaban J connectivity index is 2.02. The first-order chi connectivity index (χ1) is 10.1. The number of rotatable bonds is 4. The fourth-order valence-corrected chi connectivity index (χ4v) is 1.75. The molecule has 0 spiro atoms. The third kappa shape index (κ3) is 4.15. The molecule has 0 aliphatic carbocycles. The van der Waals surface area contributed by atoms with Crippen molar-refractivity contribution in [2.75, 3.05) is 5.32 Å². The van der Waals surface area contributed by atoms with E-state index in [1.807, 2.05) is 6.07 Å². The van der Waals surface area contributed by atoms with E-state index in [0.29, 0.717) is 10.7 Å². The molecule has 0 aliphatic rings. The largest absolute Gasteiger partial charge is 0.477 e. The molecule has 6 heteroatoms. The van der Waals surface area contributed by atoms with Gasteiger partial charge in [-0.25, -0.2) is 9.78 Å². The molecule has 5 nitrogen and oxygen atoms in total. The van der Waals surface area contributed by atoms with Crippen LogP contribution >= 0.6 is 11.6 Å². The molecule has 0 atom stereocenters. The summed E-state index contributed by atoms with van der Waals surface area (Å²) >= 11 is 5.97. The number of anilines is 1. The Kier molecular flexibility index (Phi) is 4.68. The number of benzene rings is 1. The van der Waals surface area contributed by atoms with Crippen molar-refractivity contribution >= 4 is 35.2 Å². The molecule has 0 aliphatic heterocycles. The van der Waals surface area contributed by atoms with Crippen molar-refractivity contribution in [2.24, 2.45) is 0 Å². The van der Waals surface area contributed by atoms with Gasteiger partial charge in [0.05, 0.1) is 11.9 Å². The summed E-state index contributed by atoms with van der Waals surface area (Å²) in [6.45, 7) is 0. The predicted molar refractivity (Wildman–Crippen MR) is 80.3 cm³/mol. The number of pyridine rings is 1. The molecule has 0 radical (unpaired) electrons. The standard InChI is InChI=1S/C15H11ClN2O3/c16-12-4-2-1-3-10(12)5-8-14(19)18-11-6-7-13(15(20)21)17-9-11/h1-9H,(H,18,19)(H,20,21)/b8-5+. The number of carboxylic acid groups (broad SMARTS) is 1. The van der Waals surface area contributed by atoms with Gasteiger partial charge in [-0.05, 0) is 29.8 Å². The molecule has 1 amide bonds. The van der Waals surface area contributed by atoms with Crippen molar-refractivity contribution in [1.29, 1.82) is 0 Å². The molecule has 2 rings (SSSR count). The van der Waals surface area contributed by atoms with Gasteiger partial charge < -0.3 is 10.4 Å². The zero-order valence-corrected chi connectivity index (χ0v) is 11.5. The lowest BCUT2D eigenvalue weighted by molar-refractivity contribution is -0.111. The van der Waals surface area contributed by atoms with Crippen molar-refractivity contribution in [2.45, 2.75) is 0 Å². The van der Waals surface area contributed by atoms with Gasteiger partial charge in [0.1, 0.15) is 5.69 Å². The number of amides is 1. The number of aromatic nitrogens is 1. The highest BCUT2D eigenvalue weighted by Gasteiger charge is 2.04. The molecule has 0 unspecified atom stereocenters. The minimum Gasteiger partial charge on any atom is -0.477 e. The highest BCUT2D eigenvalue weighted by molar-refractivity contribution is 6.32. The van der Waals surface area contributed by atoms with Crippen LogP contribution in [0.15, 0.2) is 48.7 Å². The quantitative estimate of drug-likeness (QED) is 0.851. The molecule has 1 aromatic heterocycles. The number of nitrogens with one attached hydrogen (secondary N) is 1. The Morgan fingerprint density at radius 1 is 1.19 bits per heavy atom. The molecule has 1 heterocycles. The summed E-state index contributed by atoms with van der Waals surface area (Å²) in [5.41, 5.74) is 1.06. The fourth-order valence-electron chi connectivity index (χ4n) is 1.55. The molecule has 0 saturated carbocycles. The molecule has 2 N–H and O–H groups in total. The van der Waals surface area contributed by atoms with E-state index in [1.165, 1.54) is 24.4 Å². The number of carbonyl (C=O) groups excluding carboxylic acids is 1. The summed E-state index contributed by atoms with van der Waals surface area (Å²) in [4.78, 5) is 26.1. The number of aromatic carboxylic acids is 1. The Morgan fingerprint density at radius 3 is 2.57 bits per heavy atom. The normalized spacial score (nSPS) is 10.5. The Morgan fingerprint density at radius 2 is 1.95 bits per heavy atom. The number of carboxylic acids is 1. The second-order valence-corrected chi connectivity index (χ2v) is 4.49. The average molecular weight is 303 g/mol. The Labute approximate surface area is 125 Å². The van der Waals surface area contributed by atoms with Crippen LogP contribution in [0, 0.1) is 0 Å². The van der Waals surface area contributed by atoms with E-state index in [-0.39, 0.29) is 11.6 Å². The first kappa shape index (κ1) is 14.7. The lowest BCUT2D eigenvalue weighted by Gasteiger charge is -2.02. The number of hydrogen-bond donors (Lipinski definition) is 2. The summed E-state index contributed by atoms with van der Waals surface area (Å²) in [6.07, 6.45) is 4.22. The van der Waals surface area contributed by atoms with E-state index in [4.69, 9.17) is 16.7 Å². The maximum Gasteiger partial charge on any atom is 0.354 e. The van der Waals surface area contributed by atoms with Gasteiger partial charge in [-0.3, -0.25) is 4.79 Å². The van der Waals surface area contributed by atoms with Crippen LogP contribution in [-0.4, -0.2) is 22.0 Å². The summed E-state index contributed by atoms with van der Waals surface area (Å²) in [6, 6.07) is 9.92. The van der Waals surface area contributed by atoms with Crippen LogP contribution in [0.3, 0.4) is 0 Å². The molecule has 0 saturated heterocycles. The fraction of sp³-hybridized carbons (Fsp3) is 0. The summed E-state index contributed by atoms with van der Waals surface area (Å²) < 4.78 is 0. The maximum absolute atomic E-state index is 11.7. The van der Waals surface area contributed by atoms with Crippen LogP contribution in [0.2, 0.25) is 5.02 Å². The highest BCUT2D eigenvalue weighted by Crippen LogP contribution is 2.16. The van der Waals surface area contributed by atoms with Crippen LogP contribution in [0.1, 0.15) is 16.1 Å².